The molecule has 2 amide bonds. The third-order valence-electron chi connectivity index (χ3n) is 6.83. The highest BCUT2D eigenvalue weighted by Crippen LogP contribution is 2.37. The van der Waals surface area contributed by atoms with Gasteiger partial charge in [0, 0.05) is 36.9 Å². The highest BCUT2D eigenvalue weighted by molar-refractivity contribution is 9.10. The monoisotopic (exact) mass is 669 g/mol. The SMILES string of the molecule is CCC(N)C(=O)Nc1ccc(Sc2ccc(C(=O)Nc3ccc(Br)cc3)cc2Nc2ncnc3nc(C(C)C)ccc23)cc1. The van der Waals surface area contributed by atoms with E-state index in [0.717, 1.165) is 25.3 Å². The number of hydrogen-bond donors (Lipinski definition) is 4. The number of benzene rings is 3. The summed E-state index contributed by atoms with van der Waals surface area (Å²) < 4.78 is 0.926. The van der Waals surface area contributed by atoms with Crippen LogP contribution in [-0.4, -0.2) is 32.8 Å². The van der Waals surface area contributed by atoms with Gasteiger partial charge < -0.3 is 21.7 Å². The van der Waals surface area contributed by atoms with Gasteiger partial charge in [-0.15, -0.1) is 0 Å². The predicted octanol–water partition coefficient (Wildman–Crippen LogP) is 7.73. The Labute approximate surface area is 268 Å². The number of nitrogens with one attached hydrogen (secondary N) is 3. The lowest BCUT2D eigenvalue weighted by molar-refractivity contribution is -0.117. The predicted molar refractivity (Wildman–Crippen MR) is 181 cm³/mol. The van der Waals surface area contributed by atoms with Crippen LogP contribution in [0.25, 0.3) is 11.0 Å². The molecule has 0 saturated heterocycles. The molecule has 5 rings (SSSR count). The molecule has 224 valence electrons. The van der Waals surface area contributed by atoms with Gasteiger partial charge in [0.25, 0.3) is 5.91 Å². The minimum absolute atomic E-state index is 0.219. The summed E-state index contributed by atoms with van der Waals surface area (Å²) in [5.74, 6) is 0.379. The van der Waals surface area contributed by atoms with Gasteiger partial charge in [-0.05, 0) is 91.2 Å². The van der Waals surface area contributed by atoms with Crippen LogP contribution in [0, 0.1) is 0 Å². The van der Waals surface area contributed by atoms with Crippen LogP contribution in [0.4, 0.5) is 22.9 Å². The fraction of sp³-hybridized carbons (Fsp3) is 0.182. The van der Waals surface area contributed by atoms with Crippen LogP contribution in [0.15, 0.2) is 99.5 Å². The molecule has 1 atom stereocenters. The lowest BCUT2D eigenvalue weighted by Crippen LogP contribution is -2.34. The number of amides is 2. The zero-order valence-corrected chi connectivity index (χ0v) is 26.9. The molecule has 1 unspecified atom stereocenters. The summed E-state index contributed by atoms with van der Waals surface area (Å²) in [6.07, 6.45) is 2.04. The van der Waals surface area contributed by atoms with Crippen molar-refractivity contribution >= 4 is 73.4 Å². The number of aromatic nitrogens is 3. The molecule has 44 heavy (non-hydrogen) atoms. The largest absolute Gasteiger partial charge is 0.339 e. The van der Waals surface area contributed by atoms with Gasteiger partial charge in [0.15, 0.2) is 5.65 Å². The van der Waals surface area contributed by atoms with E-state index in [1.54, 1.807) is 12.1 Å². The van der Waals surface area contributed by atoms with Gasteiger partial charge in [-0.25, -0.2) is 15.0 Å². The summed E-state index contributed by atoms with van der Waals surface area (Å²) in [6.45, 7) is 6.04. The highest BCUT2D eigenvalue weighted by Gasteiger charge is 2.16. The summed E-state index contributed by atoms with van der Waals surface area (Å²) in [5, 5.41) is 10.0. The number of nitrogens with zero attached hydrogens (tertiary/aromatic N) is 3. The summed E-state index contributed by atoms with van der Waals surface area (Å²) >= 11 is 4.94. The molecular formula is C33H32BrN7O2S. The first-order valence-electron chi connectivity index (χ1n) is 14.1. The first-order chi connectivity index (χ1) is 21.2. The van der Waals surface area contributed by atoms with Gasteiger partial charge in [-0.1, -0.05) is 48.5 Å². The Kier molecular flexibility index (Phi) is 9.89. The van der Waals surface area contributed by atoms with Crippen molar-refractivity contribution in [1.82, 2.24) is 15.0 Å². The summed E-state index contributed by atoms with van der Waals surface area (Å²) in [4.78, 5) is 40.9. The van der Waals surface area contributed by atoms with Crippen molar-refractivity contribution in [3.8, 4) is 0 Å². The first-order valence-corrected chi connectivity index (χ1v) is 15.7. The maximum absolute atomic E-state index is 13.2. The van der Waals surface area contributed by atoms with E-state index in [0.29, 0.717) is 40.5 Å². The molecule has 0 saturated carbocycles. The molecular weight excluding hydrogens is 638 g/mol. The lowest BCUT2D eigenvalue weighted by Gasteiger charge is -2.15. The molecule has 3 aromatic carbocycles. The third kappa shape index (κ3) is 7.60. The number of carbonyl (C=O) groups excluding carboxylic acids is 2. The maximum Gasteiger partial charge on any atom is 0.255 e. The van der Waals surface area contributed by atoms with Crippen molar-refractivity contribution in [2.45, 2.75) is 48.9 Å². The highest BCUT2D eigenvalue weighted by atomic mass is 79.9. The second-order valence-corrected chi connectivity index (χ2v) is 12.4. The Morgan fingerprint density at radius 2 is 1.61 bits per heavy atom. The minimum atomic E-state index is -0.554. The van der Waals surface area contributed by atoms with E-state index < -0.39 is 6.04 Å². The molecule has 2 heterocycles. The van der Waals surface area contributed by atoms with E-state index in [1.807, 2.05) is 73.7 Å². The molecule has 0 aliphatic heterocycles. The van der Waals surface area contributed by atoms with E-state index in [-0.39, 0.29) is 17.7 Å². The van der Waals surface area contributed by atoms with Crippen LogP contribution in [0.3, 0.4) is 0 Å². The Morgan fingerprint density at radius 1 is 0.909 bits per heavy atom. The van der Waals surface area contributed by atoms with Gasteiger partial charge in [0.05, 0.1) is 17.1 Å². The molecule has 9 nitrogen and oxygen atoms in total. The summed E-state index contributed by atoms with van der Waals surface area (Å²) in [6, 6.07) is 23.8. The smallest absolute Gasteiger partial charge is 0.255 e. The van der Waals surface area contributed by atoms with Gasteiger partial charge in [-0.3, -0.25) is 9.59 Å². The van der Waals surface area contributed by atoms with E-state index in [2.05, 4.69) is 55.7 Å². The fourth-order valence-electron chi connectivity index (χ4n) is 4.25. The zero-order chi connectivity index (χ0) is 31.2. The Hall–Kier alpha value is -4.32. The van der Waals surface area contributed by atoms with Crippen LogP contribution in [0.2, 0.25) is 0 Å². The van der Waals surface area contributed by atoms with Crippen molar-refractivity contribution in [3.05, 3.63) is 101 Å². The van der Waals surface area contributed by atoms with Crippen molar-refractivity contribution in [1.29, 1.82) is 0 Å². The molecule has 0 radical (unpaired) electrons. The number of hydrogen-bond acceptors (Lipinski definition) is 8. The van der Waals surface area contributed by atoms with Gasteiger partial charge in [0.1, 0.15) is 12.1 Å². The number of anilines is 4. The normalized spacial score (nSPS) is 11.8. The van der Waals surface area contributed by atoms with E-state index in [1.165, 1.54) is 18.1 Å². The number of carbonyl (C=O) groups is 2. The molecule has 2 aromatic heterocycles. The zero-order valence-electron chi connectivity index (χ0n) is 24.5. The second kappa shape index (κ2) is 14.0. The van der Waals surface area contributed by atoms with Crippen LogP contribution in [0.1, 0.15) is 49.2 Å². The Bertz CT molecular complexity index is 1800. The van der Waals surface area contributed by atoms with Crippen LogP contribution in [0.5, 0.6) is 0 Å². The van der Waals surface area contributed by atoms with Crippen molar-refractivity contribution in [2.75, 3.05) is 16.0 Å². The molecule has 0 spiro atoms. The molecule has 0 fully saturated rings. The van der Waals surface area contributed by atoms with Gasteiger partial charge in [0.2, 0.25) is 5.91 Å². The quantitative estimate of drug-likeness (QED) is 0.119. The van der Waals surface area contributed by atoms with Gasteiger partial charge in [-0.2, -0.15) is 0 Å². The first kappa shape index (κ1) is 31.1. The van der Waals surface area contributed by atoms with E-state index in [9.17, 15) is 9.59 Å². The Morgan fingerprint density at radius 3 is 2.32 bits per heavy atom. The maximum atomic E-state index is 13.2. The second-order valence-electron chi connectivity index (χ2n) is 10.4. The summed E-state index contributed by atoms with van der Waals surface area (Å²) in [7, 11) is 0. The number of nitrogens with two attached hydrogens (primary N) is 1. The van der Waals surface area contributed by atoms with Crippen molar-refractivity contribution < 1.29 is 9.59 Å². The molecule has 11 heteroatoms. The van der Waals surface area contributed by atoms with Crippen molar-refractivity contribution in [3.63, 3.8) is 0 Å². The number of rotatable bonds is 10. The Balaban J connectivity index is 1.46. The van der Waals surface area contributed by atoms with E-state index in [4.69, 9.17) is 10.7 Å². The molecule has 0 aliphatic carbocycles. The van der Waals surface area contributed by atoms with Crippen LogP contribution < -0.4 is 21.7 Å². The summed E-state index contributed by atoms with van der Waals surface area (Å²) in [5.41, 5.74) is 9.91. The number of pyridine rings is 1. The molecule has 5 aromatic rings. The minimum Gasteiger partial charge on any atom is -0.339 e. The third-order valence-corrected chi connectivity index (χ3v) is 8.45. The van der Waals surface area contributed by atoms with Gasteiger partial charge >= 0.3 is 0 Å². The number of fused-ring (bicyclic) bond motifs is 1. The van der Waals surface area contributed by atoms with Crippen molar-refractivity contribution in [2.24, 2.45) is 5.73 Å². The fourth-order valence-corrected chi connectivity index (χ4v) is 5.40. The topological polar surface area (TPSA) is 135 Å². The molecule has 0 bridgehead atoms. The average molecular weight is 671 g/mol. The van der Waals surface area contributed by atoms with Crippen LogP contribution in [-0.2, 0) is 4.79 Å². The van der Waals surface area contributed by atoms with E-state index >= 15 is 0 Å². The number of halogens is 1. The molecule has 0 aliphatic rings. The standard InChI is InChI=1S/C33H32BrN7O2S/c1-4-26(35)33(43)39-23-10-12-24(13-11-23)44-29-16-5-20(32(42)38-22-8-6-21(34)7-9-22)17-28(29)41-31-25-14-15-27(19(2)3)40-30(25)36-18-37-31/h5-19,26H,4,35H2,1-3H3,(H,38,42)(H,39,43)(H,36,37,40,41). The average Bonchev–Trinajstić information content (AvgIpc) is 3.03. The van der Waals surface area contributed by atoms with Crippen LogP contribution >= 0.6 is 27.7 Å². The molecule has 5 N–H and O–H groups in total. The lowest BCUT2D eigenvalue weighted by atomic mass is 10.1.